The van der Waals surface area contributed by atoms with E-state index in [2.05, 4.69) is 75.2 Å². The third-order valence-electron chi connectivity index (χ3n) is 6.39. The molecule has 37 heavy (non-hydrogen) atoms. The molecule has 0 bridgehead atoms. The van der Waals surface area contributed by atoms with Crippen molar-refractivity contribution in [2.45, 2.75) is 0 Å². The summed E-state index contributed by atoms with van der Waals surface area (Å²) in [5.41, 5.74) is 5.49. The van der Waals surface area contributed by atoms with E-state index in [0.717, 1.165) is 22.3 Å². The number of pyridine rings is 2. The van der Waals surface area contributed by atoms with Crippen molar-refractivity contribution in [2.75, 3.05) is 0 Å². The van der Waals surface area contributed by atoms with E-state index in [1.54, 1.807) is 12.4 Å². The molecule has 7 rings (SSSR count). The van der Waals surface area contributed by atoms with Gasteiger partial charge in [-0.25, -0.2) is 15.0 Å². The highest BCUT2D eigenvalue weighted by atomic mass is 15.1. The second-order valence-electron chi connectivity index (χ2n) is 8.62. The minimum absolute atomic E-state index is 0.503. The lowest BCUT2D eigenvalue weighted by Crippen LogP contribution is -2.04. The lowest BCUT2D eigenvalue weighted by Gasteiger charge is -2.14. The fraction of sp³-hybridized carbons (Fsp3) is 0. The van der Waals surface area contributed by atoms with Crippen molar-refractivity contribution in [3.63, 3.8) is 0 Å². The Kier molecular flexibility index (Phi) is 5.00. The van der Waals surface area contributed by atoms with Crippen LogP contribution in [0, 0.1) is 0 Å². The normalized spacial score (nSPS) is 11.2. The monoisotopic (exact) mass is 476 g/mol. The van der Waals surface area contributed by atoms with Crippen molar-refractivity contribution in [3.8, 4) is 40.1 Å². The van der Waals surface area contributed by atoms with E-state index < -0.39 is 0 Å². The third-order valence-corrected chi connectivity index (χ3v) is 6.39. The molecular weight excluding hydrogens is 456 g/mol. The van der Waals surface area contributed by atoms with Crippen LogP contribution in [0.3, 0.4) is 0 Å². The highest BCUT2D eigenvalue weighted by Crippen LogP contribution is 2.35. The Morgan fingerprint density at radius 2 is 0.919 bits per heavy atom. The van der Waals surface area contributed by atoms with Crippen molar-refractivity contribution < 1.29 is 0 Å². The number of para-hydroxylation sites is 3. The van der Waals surface area contributed by atoms with Crippen molar-refractivity contribution in [2.24, 2.45) is 0 Å². The Bertz CT molecular complexity index is 1770. The molecule has 174 valence electrons. The summed E-state index contributed by atoms with van der Waals surface area (Å²) >= 11 is 0. The highest BCUT2D eigenvalue weighted by Gasteiger charge is 2.19. The lowest BCUT2D eigenvalue weighted by atomic mass is 10.1. The zero-order chi connectivity index (χ0) is 24.6. The first-order valence-electron chi connectivity index (χ1n) is 12.0. The molecule has 3 aromatic carbocycles. The Hall–Kier alpha value is -5.23. The Morgan fingerprint density at radius 1 is 0.432 bits per heavy atom. The minimum Gasteiger partial charge on any atom is -0.309 e. The fourth-order valence-corrected chi connectivity index (χ4v) is 4.76. The molecule has 0 radical (unpaired) electrons. The molecule has 0 saturated carbocycles. The predicted molar refractivity (Wildman–Crippen MR) is 146 cm³/mol. The molecule has 6 heteroatoms. The molecule has 0 atom stereocenters. The fourth-order valence-electron chi connectivity index (χ4n) is 4.76. The van der Waals surface area contributed by atoms with Crippen LogP contribution in [-0.4, -0.2) is 29.5 Å². The molecule has 0 spiro atoms. The van der Waals surface area contributed by atoms with Crippen LogP contribution in [0.5, 0.6) is 0 Å². The van der Waals surface area contributed by atoms with Gasteiger partial charge in [-0.15, -0.1) is 0 Å². The summed E-state index contributed by atoms with van der Waals surface area (Å²) in [6.45, 7) is 0. The number of fused-ring (bicyclic) bond motifs is 3. The van der Waals surface area contributed by atoms with Crippen molar-refractivity contribution >= 4 is 21.8 Å². The molecule has 0 N–H and O–H groups in total. The Balaban J connectivity index is 1.52. The quantitative estimate of drug-likeness (QED) is 0.281. The SMILES string of the molecule is c1ccc(-c2nc(-c3ccccn3)nc(-c3ccccc3-n3c4ccccc4c4ccccc43)n2)nc1. The van der Waals surface area contributed by atoms with E-state index in [9.17, 15) is 0 Å². The van der Waals surface area contributed by atoms with Crippen LogP contribution in [0.1, 0.15) is 0 Å². The zero-order valence-corrected chi connectivity index (χ0v) is 19.7. The summed E-state index contributed by atoms with van der Waals surface area (Å²) in [4.78, 5) is 23.5. The number of hydrogen-bond donors (Lipinski definition) is 0. The minimum atomic E-state index is 0.503. The van der Waals surface area contributed by atoms with Gasteiger partial charge in [0.1, 0.15) is 11.4 Å². The first-order chi connectivity index (χ1) is 18.4. The smallest absolute Gasteiger partial charge is 0.182 e. The predicted octanol–water partition coefficient (Wildman–Crippen LogP) is 6.76. The van der Waals surface area contributed by atoms with Crippen LogP contribution in [0.15, 0.2) is 122 Å². The van der Waals surface area contributed by atoms with Gasteiger partial charge in [-0.3, -0.25) is 9.97 Å². The molecule has 0 unspecified atom stereocenters. The summed E-state index contributed by atoms with van der Waals surface area (Å²) in [5.74, 6) is 1.57. The van der Waals surface area contributed by atoms with Crippen LogP contribution >= 0.6 is 0 Å². The van der Waals surface area contributed by atoms with Gasteiger partial charge in [0.2, 0.25) is 0 Å². The molecule has 0 aliphatic rings. The molecule has 0 fully saturated rings. The van der Waals surface area contributed by atoms with E-state index in [1.165, 1.54) is 10.8 Å². The maximum absolute atomic E-state index is 4.90. The van der Waals surface area contributed by atoms with Crippen LogP contribution in [0.25, 0.3) is 61.9 Å². The first-order valence-corrected chi connectivity index (χ1v) is 12.0. The average Bonchev–Trinajstić information content (AvgIpc) is 3.32. The zero-order valence-electron chi connectivity index (χ0n) is 19.7. The van der Waals surface area contributed by atoms with E-state index in [4.69, 9.17) is 15.0 Å². The van der Waals surface area contributed by atoms with E-state index in [0.29, 0.717) is 28.9 Å². The van der Waals surface area contributed by atoms with Gasteiger partial charge in [0.25, 0.3) is 0 Å². The maximum Gasteiger partial charge on any atom is 0.182 e. The second kappa shape index (κ2) is 8.77. The van der Waals surface area contributed by atoms with Gasteiger partial charge in [-0.1, -0.05) is 60.7 Å². The summed E-state index contributed by atoms with van der Waals surface area (Å²) in [7, 11) is 0. The van der Waals surface area contributed by atoms with Crippen LogP contribution < -0.4 is 0 Å². The van der Waals surface area contributed by atoms with Gasteiger partial charge in [-0.05, 0) is 48.5 Å². The summed E-state index contributed by atoms with van der Waals surface area (Å²) in [5, 5.41) is 2.40. The molecule has 7 aromatic rings. The average molecular weight is 477 g/mol. The Morgan fingerprint density at radius 3 is 1.49 bits per heavy atom. The van der Waals surface area contributed by atoms with Crippen molar-refractivity contribution in [1.29, 1.82) is 0 Å². The highest BCUT2D eigenvalue weighted by molar-refractivity contribution is 6.09. The van der Waals surface area contributed by atoms with Gasteiger partial charge in [0, 0.05) is 28.7 Å². The van der Waals surface area contributed by atoms with E-state index >= 15 is 0 Å². The van der Waals surface area contributed by atoms with Crippen molar-refractivity contribution in [1.82, 2.24) is 29.5 Å². The number of aromatic nitrogens is 6. The molecule has 0 amide bonds. The van der Waals surface area contributed by atoms with Gasteiger partial charge >= 0.3 is 0 Å². The second-order valence-corrected chi connectivity index (χ2v) is 8.62. The molecule has 4 aromatic heterocycles. The number of benzene rings is 3. The van der Waals surface area contributed by atoms with Crippen LogP contribution in [-0.2, 0) is 0 Å². The summed E-state index contributed by atoms with van der Waals surface area (Å²) in [6, 6.07) is 36.6. The van der Waals surface area contributed by atoms with Crippen molar-refractivity contribution in [3.05, 3.63) is 122 Å². The van der Waals surface area contributed by atoms with E-state index in [1.807, 2.05) is 48.5 Å². The topological polar surface area (TPSA) is 69.4 Å². The standard InChI is InChI=1S/C31H20N6/c1-4-16-26-21(11-1)22-12-2-5-17-27(22)37(26)28-18-6-3-13-23(28)29-34-30(24-14-7-9-19-32-24)36-31(35-29)25-15-8-10-20-33-25/h1-20H. The molecule has 0 saturated heterocycles. The van der Waals surface area contributed by atoms with Gasteiger partial charge in [0.15, 0.2) is 17.5 Å². The van der Waals surface area contributed by atoms with Crippen LogP contribution in [0.4, 0.5) is 0 Å². The van der Waals surface area contributed by atoms with Gasteiger partial charge < -0.3 is 4.57 Å². The molecule has 6 nitrogen and oxygen atoms in total. The molecule has 0 aliphatic carbocycles. The molecule has 4 heterocycles. The largest absolute Gasteiger partial charge is 0.309 e. The number of hydrogen-bond acceptors (Lipinski definition) is 5. The van der Waals surface area contributed by atoms with Crippen LogP contribution in [0.2, 0.25) is 0 Å². The number of nitrogens with zero attached hydrogens (tertiary/aromatic N) is 6. The van der Waals surface area contributed by atoms with Gasteiger partial charge in [-0.2, -0.15) is 0 Å². The molecule has 0 aliphatic heterocycles. The van der Waals surface area contributed by atoms with E-state index in [-0.39, 0.29) is 0 Å². The number of rotatable bonds is 4. The Labute approximate surface area is 213 Å². The third kappa shape index (κ3) is 3.63. The van der Waals surface area contributed by atoms with Gasteiger partial charge in [0.05, 0.1) is 16.7 Å². The summed E-state index contributed by atoms with van der Waals surface area (Å²) < 4.78 is 2.28. The first kappa shape index (κ1) is 21.1. The summed E-state index contributed by atoms with van der Waals surface area (Å²) in [6.07, 6.45) is 3.48. The molecular formula is C31H20N6. The maximum atomic E-state index is 4.90. The lowest BCUT2D eigenvalue weighted by molar-refractivity contribution is 1.04.